The topological polar surface area (TPSA) is 45.7 Å². The van der Waals surface area contributed by atoms with Crippen molar-refractivity contribution in [1.29, 1.82) is 0 Å². The molecule has 0 aromatic heterocycles. The maximum Gasteiger partial charge on any atom is 0.192 e. The third kappa shape index (κ3) is 8.70. The zero-order valence-electron chi connectivity index (χ0n) is 14.5. The minimum Gasteiger partial charge on any atom is -0.493 e. The molecule has 128 valence electrons. The summed E-state index contributed by atoms with van der Waals surface area (Å²) in [5.74, 6) is 4.79. The Hall–Kier alpha value is -1.42. The number of terminal acetylenes is 1. The summed E-state index contributed by atoms with van der Waals surface area (Å²) in [4.78, 5) is 4.13. The number of aryl methyl sites for hydroxylation is 1. The van der Waals surface area contributed by atoms with Gasteiger partial charge in [0.15, 0.2) is 5.96 Å². The van der Waals surface area contributed by atoms with E-state index < -0.39 is 0 Å². The number of nitrogens with zero attached hydrogens (tertiary/aromatic N) is 1. The first-order valence-electron chi connectivity index (χ1n) is 7.67. The van der Waals surface area contributed by atoms with Gasteiger partial charge in [0, 0.05) is 19.2 Å². The van der Waals surface area contributed by atoms with Gasteiger partial charge in [0.2, 0.25) is 0 Å². The Kier molecular flexibility index (Phi) is 11.3. The van der Waals surface area contributed by atoms with Gasteiger partial charge in [-0.05, 0) is 30.9 Å². The molecule has 23 heavy (non-hydrogen) atoms. The summed E-state index contributed by atoms with van der Waals surface area (Å²) in [6.45, 7) is 8.29. The standard InChI is InChI=1S/C18H27N3O.HI/c1-6-10-20-18(19-5)21-13-16-8-7-15(4)12-17(16)22-11-9-14(2)3;/h1,7-8,12,14H,9-11,13H2,2-5H3,(H2,19,20,21);1H. The molecule has 5 heteroatoms. The average molecular weight is 429 g/mol. The number of hydrogen-bond donors (Lipinski definition) is 2. The molecule has 1 aromatic carbocycles. The average Bonchev–Trinajstić information content (AvgIpc) is 2.48. The highest BCUT2D eigenvalue weighted by Gasteiger charge is 2.06. The maximum absolute atomic E-state index is 5.94. The van der Waals surface area contributed by atoms with Crippen LogP contribution < -0.4 is 15.4 Å². The number of rotatable bonds is 7. The van der Waals surface area contributed by atoms with Crippen molar-refractivity contribution in [2.75, 3.05) is 20.2 Å². The Balaban J connectivity index is 0.00000484. The second-order valence-corrected chi connectivity index (χ2v) is 5.63. The Bertz CT molecular complexity index is 536. The molecule has 0 atom stereocenters. The predicted octanol–water partition coefficient (Wildman–Crippen LogP) is 3.34. The molecule has 0 amide bonds. The van der Waals surface area contributed by atoms with E-state index in [1.165, 1.54) is 5.56 Å². The van der Waals surface area contributed by atoms with Crippen molar-refractivity contribution in [2.24, 2.45) is 10.9 Å². The molecule has 0 unspecified atom stereocenters. The third-order valence-electron chi connectivity index (χ3n) is 3.20. The Labute approximate surface area is 157 Å². The van der Waals surface area contributed by atoms with Crippen molar-refractivity contribution in [3.05, 3.63) is 29.3 Å². The van der Waals surface area contributed by atoms with E-state index in [0.717, 1.165) is 24.3 Å². The molecule has 0 bridgehead atoms. The lowest BCUT2D eigenvalue weighted by atomic mass is 10.1. The smallest absolute Gasteiger partial charge is 0.192 e. The highest BCUT2D eigenvalue weighted by atomic mass is 127. The van der Waals surface area contributed by atoms with Gasteiger partial charge in [-0.25, -0.2) is 0 Å². The molecule has 0 aliphatic rings. The fourth-order valence-corrected chi connectivity index (χ4v) is 1.88. The first kappa shape index (κ1) is 21.6. The molecule has 0 aliphatic heterocycles. The van der Waals surface area contributed by atoms with Crippen LogP contribution in [-0.4, -0.2) is 26.2 Å². The first-order valence-corrected chi connectivity index (χ1v) is 7.67. The highest BCUT2D eigenvalue weighted by molar-refractivity contribution is 14.0. The summed E-state index contributed by atoms with van der Waals surface area (Å²) >= 11 is 0. The summed E-state index contributed by atoms with van der Waals surface area (Å²) in [5.41, 5.74) is 2.30. The van der Waals surface area contributed by atoms with E-state index in [-0.39, 0.29) is 24.0 Å². The lowest BCUT2D eigenvalue weighted by Crippen LogP contribution is -2.37. The number of aliphatic imine (C=N–C) groups is 1. The van der Waals surface area contributed by atoms with E-state index in [1.807, 2.05) is 0 Å². The van der Waals surface area contributed by atoms with Crippen molar-refractivity contribution < 1.29 is 4.74 Å². The van der Waals surface area contributed by atoms with Gasteiger partial charge in [-0.15, -0.1) is 30.4 Å². The van der Waals surface area contributed by atoms with Crippen molar-refractivity contribution in [3.8, 4) is 18.1 Å². The number of nitrogens with one attached hydrogen (secondary N) is 2. The van der Waals surface area contributed by atoms with Crippen molar-refractivity contribution in [3.63, 3.8) is 0 Å². The fourth-order valence-electron chi connectivity index (χ4n) is 1.88. The fraction of sp³-hybridized carbons (Fsp3) is 0.500. The van der Waals surface area contributed by atoms with Gasteiger partial charge in [0.25, 0.3) is 0 Å². The summed E-state index contributed by atoms with van der Waals surface area (Å²) < 4.78 is 5.94. The third-order valence-corrected chi connectivity index (χ3v) is 3.20. The number of halogens is 1. The number of ether oxygens (including phenoxy) is 1. The number of benzene rings is 1. The van der Waals surface area contributed by atoms with Gasteiger partial charge in [-0.3, -0.25) is 4.99 Å². The van der Waals surface area contributed by atoms with Gasteiger partial charge >= 0.3 is 0 Å². The van der Waals surface area contributed by atoms with Gasteiger partial charge in [0.1, 0.15) is 5.75 Å². The van der Waals surface area contributed by atoms with E-state index in [9.17, 15) is 0 Å². The predicted molar refractivity (Wildman–Crippen MR) is 109 cm³/mol. The second kappa shape index (κ2) is 12.1. The summed E-state index contributed by atoms with van der Waals surface area (Å²) in [6, 6.07) is 6.25. The molecule has 0 heterocycles. The zero-order chi connectivity index (χ0) is 16.4. The summed E-state index contributed by atoms with van der Waals surface area (Å²) in [7, 11) is 1.72. The van der Waals surface area contributed by atoms with Crippen LogP contribution in [0.4, 0.5) is 0 Å². The second-order valence-electron chi connectivity index (χ2n) is 5.63. The van der Waals surface area contributed by atoms with Crippen LogP contribution in [0.5, 0.6) is 5.75 Å². The van der Waals surface area contributed by atoms with Gasteiger partial charge in [-0.2, -0.15) is 0 Å². The maximum atomic E-state index is 5.94. The van der Waals surface area contributed by atoms with Crippen LogP contribution in [0.1, 0.15) is 31.4 Å². The van der Waals surface area contributed by atoms with Crippen molar-refractivity contribution in [1.82, 2.24) is 10.6 Å². The lowest BCUT2D eigenvalue weighted by molar-refractivity contribution is 0.286. The molecule has 0 saturated heterocycles. The molecule has 0 saturated carbocycles. The molecule has 4 nitrogen and oxygen atoms in total. The van der Waals surface area contributed by atoms with Crippen LogP contribution in [0.25, 0.3) is 0 Å². The van der Waals surface area contributed by atoms with Crippen LogP contribution in [0, 0.1) is 25.2 Å². The zero-order valence-corrected chi connectivity index (χ0v) is 16.8. The first-order chi connectivity index (χ1) is 10.6. The molecular formula is C18H28IN3O. The minimum atomic E-state index is 0. The van der Waals surface area contributed by atoms with E-state index >= 15 is 0 Å². The number of guanidine groups is 1. The Morgan fingerprint density at radius 3 is 2.70 bits per heavy atom. The number of hydrogen-bond acceptors (Lipinski definition) is 2. The van der Waals surface area contributed by atoms with E-state index in [4.69, 9.17) is 11.2 Å². The quantitative estimate of drug-likeness (QED) is 0.303. The van der Waals surface area contributed by atoms with Crippen LogP contribution in [-0.2, 0) is 6.54 Å². The monoisotopic (exact) mass is 429 g/mol. The van der Waals surface area contributed by atoms with Gasteiger partial charge in [0.05, 0.1) is 13.2 Å². The van der Waals surface area contributed by atoms with Crippen molar-refractivity contribution in [2.45, 2.75) is 33.7 Å². The van der Waals surface area contributed by atoms with E-state index in [2.05, 4.69) is 60.5 Å². The van der Waals surface area contributed by atoms with E-state index in [1.54, 1.807) is 7.05 Å². The molecule has 0 aliphatic carbocycles. The normalized spacial score (nSPS) is 10.7. The summed E-state index contributed by atoms with van der Waals surface area (Å²) in [6.07, 6.45) is 6.29. The SMILES string of the molecule is C#CCNC(=NC)NCc1ccc(C)cc1OCCC(C)C.I. The molecule has 0 radical (unpaired) electrons. The Morgan fingerprint density at radius 2 is 2.09 bits per heavy atom. The van der Waals surface area contributed by atoms with E-state index in [0.29, 0.717) is 25.0 Å². The van der Waals surface area contributed by atoms with Crippen LogP contribution >= 0.6 is 24.0 Å². The highest BCUT2D eigenvalue weighted by Crippen LogP contribution is 2.21. The van der Waals surface area contributed by atoms with Crippen LogP contribution in [0.3, 0.4) is 0 Å². The summed E-state index contributed by atoms with van der Waals surface area (Å²) in [5, 5.41) is 6.28. The van der Waals surface area contributed by atoms with Crippen LogP contribution in [0.15, 0.2) is 23.2 Å². The molecule has 1 rings (SSSR count). The minimum absolute atomic E-state index is 0. The molecule has 0 fully saturated rings. The molecule has 0 spiro atoms. The molecular weight excluding hydrogens is 401 g/mol. The van der Waals surface area contributed by atoms with Crippen LogP contribution in [0.2, 0.25) is 0 Å². The molecule has 2 N–H and O–H groups in total. The van der Waals surface area contributed by atoms with Crippen molar-refractivity contribution >= 4 is 29.9 Å². The Morgan fingerprint density at radius 1 is 1.35 bits per heavy atom. The lowest BCUT2D eigenvalue weighted by Gasteiger charge is -2.15. The molecule has 1 aromatic rings. The largest absolute Gasteiger partial charge is 0.493 e. The van der Waals surface area contributed by atoms with Gasteiger partial charge < -0.3 is 15.4 Å². The van der Waals surface area contributed by atoms with Gasteiger partial charge in [-0.1, -0.05) is 31.9 Å².